The van der Waals surface area contributed by atoms with Crippen LogP contribution in [0.15, 0.2) is 5.38 Å². The van der Waals surface area contributed by atoms with Crippen molar-refractivity contribution < 1.29 is 9.90 Å². The highest BCUT2D eigenvalue weighted by Crippen LogP contribution is 2.29. The van der Waals surface area contributed by atoms with Crippen LogP contribution in [0.4, 0.5) is 0 Å². The van der Waals surface area contributed by atoms with E-state index in [1.54, 1.807) is 11.3 Å². The molecule has 1 heterocycles. The first kappa shape index (κ1) is 15.4. The summed E-state index contributed by atoms with van der Waals surface area (Å²) in [7, 11) is 0. The van der Waals surface area contributed by atoms with Crippen LogP contribution in [0, 0.1) is 5.92 Å². The van der Waals surface area contributed by atoms with E-state index in [0.717, 1.165) is 30.0 Å². The summed E-state index contributed by atoms with van der Waals surface area (Å²) in [6.45, 7) is 8.34. The zero-order valence-corrected chi connectivity index (χ0v) is 13.5. The third kappa shape index (κ3) is 3.38. The minimum absolute atomic E-state index is 0.0279. The lowest BCUT2D eigenvalue weighted by Crippen LogP contribution is -2.36. The average molecular weight is 296 g/mol. The summed E-state index contributed by atoms with van der Waals surface area (Å²) < 4.78 is 0. The van der Waals surface area contributed by atoms with Gasteiger partial charge in [-0.2, -0.15) is 0 Å². The molecule has 5 heteroatoms. The monoisotopic (exact) mass is 296 g/mol. The molecule has 1 aromatic rings. The number of rotatable bonds is 3. The van der Waals surface area contributed by atoms with E-state index in [0.29, 0.717) is 0 Å². The fraction of sp³-hybridized carbons (Fsp3) is 0.733. The number of hydrogen-bond donors (Lipinski definition) is 2. The second kappa shape index (κ2) is 5.82. The lowest BCUT2D eigenvalue weighted by atomic mass is 9.93. The molecule has 0 saturated heterocycles. The molecule has 1 amide bonds. The minimum Gasteiger partial charge on any atom is -0.392 e. The van der Waals surface area contributed by atoms with Gasteiger partial charge in [0.2, 0.25) is 5.91 Å². The lowest BCUT2D eigenvalue weighted by Gasteiger charge is -2.18. The van der Waals surface area contributed by atoms with Gasteiger partial charge in [0, 0.05) is 10.8 Å². The molecule has 1 saturated carbocycles. The van der Waals surface area contributed by atoms with Crippen molar-refractivity contribution in [2.24, 2.45) is 5.92 Å². The maximum atomic E-state index is 12.1. The van der Waals surface area contributed by atoms with E-state index in [1.165, 1.54) is 0 Å². The Morgan fingerprint density at radius 3 is 2.70 bits per heavy atom. The zero-order chi connectivity index (χ0) is 14.9. The van der Waals surface area contributed by atoms with Gasteiger partial charge >= 0.3 is 0 Å². The van der Waals surface area contributed by atoms with Crippen molar-refractivity contribution in [2.75, 3.05) is 0 Å². The lowest BCUT2D eigenvalue weighted by molar-refractivity contribution is -0.128. The highest BCUT2D eigenvalue weighted by Gasteiger charge is 2.32. The summed E-state index contributed by atoms with van der Waals surface area (Å²) >= 11 is 1.58. The Labute approximate surface area is 124 Å². The Balaban J connectivity index is 1.99. The molecule has 0 aliphatic heterocycles. The van der Waals surface area contributed by atoms with Crippen molar-refractivity contribution in [3.8, 4) is 0 Å². The summed E-state index contributed by atoms with van der Waals surface area (Å²) in [6, 6.07) is -0.101. The minimum atomic E-state index is -0.483. The number of thiazole rings is 1. The fourth-order valence-electron chi connectivity index (χ4n) is 2.46. The first-order valence-electron chi connectivity index (χ1n) is 7.23. The standard InChI is InChI=1S/C15H24N2O2S/c1-9(14-17-12(8-20-14)15(2,3)4)16-13(19)10-6-5-7-11(10)18/h8-11,18H,5-7H2,1-4H3,(H,16,19). The van der Waals surface area contributed by atoms with Crippen LogP contribution in [-0.4, -0.2) is 22.1 Å². The van der Waals surface area contributed by atoms with Crippen molar-refractivity contribution in [2.45, 2.75) is 64.5 Å². The van der Waals surface area contributed by atoms with Crippen LogP contribution in [0.1, 0.15) is 63.7 Å². The van der Waals surface area contributed by atoms with Gasteiger partial charge in [-0.05, 0) is 26.2 Å². The van der Waals surface area contributed by atoms with Crippen LogP contribution < -0.4 is 5.32 Å². The maximum absolute atomic E-state index is 12.1. The first-order chi connectivity index (χ1) is 9.29. The van der Waals surface area contributed by atoms with E-state index in [4.69, 9.17) is 0 Å². The predicted molar refractivity (Wildman–Crippen MR) is 80.7 cm³/mol. The van der Waals surface area contributed by atoms with Gasteiger partial charge in [-0.25, -0.2) is 4.98 Å². The molecule has 2 rings (SSSR count). The van der Waals surface area contributed by atoms with Gasteiger partial charge in [-0.1, -0.05) is 20.8 Å². The van der Waals surface area contributed by atoms with E-state index in [2.05, 4.69) is 36.5 Å². The zero-order valence-electron chi connectivity index (χ0n) is 12.6. The summed E-state index contributed by atoms with van der Waals surface area (Å²) in [5, 5.41) is 15.7. The molecule has 1 fully saturated rings. The average Bonchev–Trinajstić information content (AvgIpc) is 2.95. The number of aliphatic hydroxyl groups excluding tert-OH is 1. The van der Waals surface area contributed by atoms with Crippen LogP contribution in [0.5, 0.6) is 0 Å². The highest BCUT2D eigenvalue weighted by molar-refractivity contribution is 7.09. The topological polar surface area (TPSA) is 62.2 Å². The van der Waals surface area contributed by atoms with Crippen LogP contribution >= 0.6 is 11.3 Å². The second-order valence-corrected chi connectivity index (χ2v) is 7.55. The Kier molecular flexibility index (Phi) is 4.49. The van der Waals surface area contributed by atoms with E-state index >= 15 is 0 Å². The predicted octanol–water partition coefficient (Wildman–Crippen LogP) is 2.78. The molecule has 0 radical (unpaired) electrons. The molecular weight excluding hydrogens is 272 g/mol. The molecule has 3 unspecified atom stereocenters. The van der Waals surface area contributed by atoms with E-state index in [1.807, 2.05) is 6.92 Å². The molecule has 20 heavy (non-hydrogen) atoms. The quantitative estimate of drug-likeness (QED) is 0.901. The molecule has 0 bridgehead atoms. The molecule has 0 aromatic carbocycles. The number of amides is 1. The third-order valence-electron chi connectivity index (χ3n) is 3.84. The van der Waals surface area contributed by atoms with Gasteiger partial charge in [0.15, 0.2) is 0 Å². The van der Waals surface area contributed by atoms with Crippen LogP contribution in [0.3, 0.4) is 0 Å². The number of aromatic nitrogens is 1. The first-order valence-corrected chi connectivity index (χ1v) is 8.11. The SMILES string of the molecule is CC(NC(=O)C1CCCC1O)c1nc(C(C)(C)C)cs1. The molecule has 4 nitrogen and oxygen atoms in total. The van der Waals surface area contributed by atoms with Crippen molar-refractivity contribution >= 4 is 17.2 Å². The van der Waals surface area contributed by atoms with E-state index in [-0.39, 0.29) is 23.3 Å². The van der Waals surface area contributed by atoms with E-state index < -0.39 is 6.10 Å². The molecule has 1 aromatic heterocycles. The Morgan fingerprint density at radius 2 is 2.20 bits per heavy atom. The Morgan fingerprint density at radius 1 is 1.50 bits per heavy atom. The summed E-state index contributed by atoms with van der Waals surface area (Å²) in [6.07, 6.45) is 1.96. The third-order valence-corrected chi connectivity index (χ3v) is 4.86. The summed E-state index contributed by atoms with van der Waals surface area (Å²) in [5.74, 6) is -0.297. The van der Waals surface area contributed by atoms with Crippen molar-refractivity contribution in [3.05, 3.63) is 16.1 Å². The van der Waals surface area contributed by atoms with Crippen LogP contribution in [0.2, 0.25) is 0 Å². The normalized spacial score (nSPS) is 24.6. The Bertz CT molecular complexity index is 478. The fourth-order valence-corrected chi connectivity index (χ4v) is 3.51. The van der Waals surface area contributed by atoms with Gasteiger partial charge in [-0.3, -0.25) is 4.79 Å². The van der Waals surface area contributed by atoms with Crippen molar-refractivity contribution in [1.29, 1.82) is 0 Å². The molecule has 1 aliphatic rings. The molecule has 0 spiro atoms. The van der Waals surface area contributed by atoms with Crippen molar-refractivity contribution in [3.63, 3.8) is 0 Å². The number of carbonyl (C=O) groups excluding carboxylic acids is 1. The summed E-state index contributed by atoms with van der Waals surface area (Å²) in [5.41, 5.74) is 1.08. The van der Waals surface area contributed by atoms with Gasteiger partial charge in [0.25, 0.3) is 0 Å². The highest BCUT2D eigenvalue weighted by atomic mass is 32.1. The van der Waals surface area contributed by atoms with E-state index in [9.17, 15) is 9.90 Å². The van der Waals surface area contributed by atoms with Crippen molar-refractivity contribution in [1.82, 2.24) is 10.3 Å². The number of nitrogens with zero attached hydrogens (tertiary/aromatic N) is 1. The smallest absolute Gasteiger partial charge is 0.226 e. The largest absolute Gasteiger partial charge is 0.392 e. The van der Waals surface area contributed by atoms with Gasteiger partial charge in [-0.15, -0.1) is 11.3 Å². The Hall–Kier alpha value is -0.940. The second-order valence-electron chi connectivity index (χ2n) is 6.66. The number of carbonyl (C=O) groups is 1. The maximum Gasteiger partial charge on any atom is 0.226 e. The van der Waals surface area contributed by atoms with Gasteiger partial charge < -0.3 is 10.4 Å². The molecule has 112 valence electrons. The van der Waals surface area contributed by atoms with Crippen LogP contribution in [-0.2, 0) is 10.2 Å². The number of aliphatic hydroxyl groups is 1. The summed E-state index contributed by atoms with van der Waals surface area (Å²) in [4.78, 5) is 16.8. The molecule has 2 N–H and O–H groups in total. The molecule has 3 atom stereocenters. The molecular formula is C15H24N2O2S. The van der Waals surface area contributed by atoms with Gasteiger partial charge in [0.05, 0.1) is 23.8 Å². The van der Waals surface area contributed by atoms with Crippen LogP contribution in [0.25, 0.3) is 0 Å². The van der Waals surface area contributed by atoms with Gasteiger partial charge in [0.1, 0.15) is 5.01 Å². The molecule has 1 aliphatic carbocycles. The number of nitrogens with one attached hydrogen (secondary N) is 1. The number of hydrogen-bond acceptors (Lipinski definition) is 4.